The van der Waals surface area contributed by atoms with Gasteiger partial charge in [-0.15, -0.1) is 0 Å². The first-order chi connectivity index (χ1) is 7.53. The van der Waals surface area contributed by atoms with Crippen molar-refractivity contribution in [2.24, 2.45) is 5.92 Å². The molecule has 0 aromatic heterocycles. The van der Waals surface area contributed by atoms with Crippen LogP contribution in [0.15, 0.2) is 0 Å². The highest BCUT2D eigenvalue weighted by Gasteiger charge is 2.18. The van der Waals surface area contributed by atoms with Gasteiger partial charge in [0.25, 0.3) is 0 Å². The average molecular weight is 248 g/mol. The molecule has 0 aliphatic heterocycles. The molecule has 0 aromatic carbocycles. The minimum atomic E-state index is -3.06. The lowest BCUT2D eigenvalue weighted by atomic mass is 9.87. The monoisotopic (exact) mass is 248 g/mol. The van der Waals surface area contributed by atoms with E-state index in [1.165, 1.54) is 25.7 Å². The Bertz CT molecular complexity index is 282. The zero-order valence-corrected chi connectivity index (χ0v) is 11.1. The van der Waals surface area contributed by atoms with Crippen LogP contribution in [0, 0.1) is 5.92 Å². The molecule has 0 radical (unpaired) electrons. The molecule has 96 valence electrons. The van der Waals surface area contributed by atoms with E-state index in [2.05, 4.69) is 17.0 Å². The maximum atomic E-state index is 11.4. The van der Waals surface area contributed by atoms with Gasteiger partial charge in [0.2, 0.25) is 10.0 Å². The first-order valence-corrected chi connectivity index (χ1v) is 7.89. The summed E-state index contributed by atoms with van der Waals surface area (Å²) in [6.07, 6.45) is 4.89. The fraction of sp³-hybridized carbons (Fsp3) is 1.00. The highest BCUT2D eigenvalue weighted by molar-refractivity contribution is 7.89. The largest absolute Gasteiger partial charge is 0.313 e. The van der Waals surface area contributed by atoms with Crippen molar-refractivity contribution in [1.82, 2.24) is 10.0 Å². The van der Waals surface area contributed by atoms with Crippen LogP contribution < -0.4 is 10.0 Å². The molecular formula is C11H24N2O2S. The highest BCUT2D eigenvalue weighted by Crippen LogP contribution is 2.23. The van der Waals surface area contributed by atoms with E-state index in [0.29, 0.717) is 19.1 Å². The molecule has 0 spiro atoms. The van der Waals surface area contributed by atoms with Gasteiger partial charge in [0.15, 0.2) is 0 Å². The lowest BCUT2D eigenvalue weighted by Crippen LogP contribution is -2.38. The molecule has 2 N–H and O–H groups in total. The number of rotatable bonds is 6. The van der Waals surface area contributed by atoms with Gasteiger partial charge >= 0.3 is 0 Å². The molecule has 1 rings (SSSR count). The lowest BCUT2D eigenvalue weighted by Gasteiger charge is -2.26. The van der Waals surface area contributed by atoms with E-state index in [9.17, 15) is 8.42 Å². The molecule has 5 heteroatoms. The van der Waals surface area contributed by atoms with E-state index in [1.807, 2.05) is 0 Å². The molecule has 1 fully saturated rings. The van der Waals surface area contributed by atoms with Crippen LogP contribution in [-0.4, -0.2) is 33.3 Å². The Hall–Kier alpha value is -0.130. The minimum absolute atomic E-state index is 0.187. The smallest absolute Gasteiger partial charge is 0.212 e. The number of hydrogen-bond donors (Lipinski definition) is 2. The van der Waals surface area contributed by atoms with Crippen LogP contribution in [0.3, 0.4) is 0 Å². The highest BCUT2D eigenvalue weighted by atomic mass is 32.2. The van der Waals surface area contributed by atoms with Crippen LogP contribution in [-0.2, 0) is 10.0 Å². The molecule has 1 saturated carbocycles. The van der Waals surface area contributed by atoms with Crippen molar-refractivity contribution >= 4 is 10.0 Å². The summed E-state index contributed by atoms with van der Waals surface area (Å²) in [7, 11) is -3.06. The van der Waals surface area contributed by atoms with E-state index < -0.39 is 10.0 Å². The van der Waals surface area contributed by atoms with Crippen molar-refractivity contribution in [2.45, 2.75) is 45.6 Å². The van der Waals surface area contributed by atoms with Crippen molar-refractivity contribution in [2.75, 3.05) is 18.8 Å². The molecule has 0 saturated heterocycles. The molecule has 0 unspecified atom stereocenters. The molecule has 0 heterocycles. The average Bonchev–Trinajstić information content (AvgIpc) is 2.20. The number of sulfonamides is 1. The fourth-order valence-electron chi connectivity index (χ4n) is 2.15. The van der Waals surface area contributed by atoms with Gasteiger partial charge in [-0.3, -0.25) is 0 Å². The third kappa shape index (κ3) is 5.27. The van der Waals surface area contributed by atoms with Gasteiger partial charge < -0.3 is 5.32 Å². The summed E-state index contributed by atoms with van der Waals surface area (Å²) in [6.45, 7) is 5.12. The zero-order valence-electron chi connectivity index (χ0n) is 10.3. The Morgan fingerprint density at radius 3 is 2.38 bits per heavy atom. The van der Waals surface area contributed by atoms with Gasteiger partial charge in [-0.25, -0.2) is 13.1 Å². The van der Waals surface area contributed by atoms with Crippen molar-refractivity contribution in [3.8, 4) is 0 Å². The summed E-state index contributed by atoms with van der Waals surface area (Å²) in [6, 6.07) is 0.521. The Kier molecular flexibility index (Phi) is 5.72. The van der Waals surface area contributed by atoms with Crippen LogP contribution in [0.25, 0.3) is 0 Å². The van der Waals surface area contributed by atoms with Crippen molar-refractivity contribution < 1.29 is 8.42 Å². The third-order valence-corrected chi connectivity index (χ3v) is 4.65. The summed E-state index contributed by atoms with van der Waals surface area (Å²) in [5.41, 5.74) is 0. The second-order valence-electron chi connectivity index (χ2n) is 4.73. The number of nitrogens with one attached hydrogen (secondary N) is 2. The zero-order chi connectivity index (χ0) is 12.0. The minimum Gasteiger partial charge on any atom is -0.313 e. The van der Waals surface area contributed by atoms with Crippen LogP contribution >= 0.6 is 0 Å². The normalized spacial score (nSPS) is 26.9. The standard InChI is InChI=1S/C11H24N2O2S/c1-3-13-16(14,15)9-8-12-11-6-4-10(2)5-7-11/h10-13H,3-9H2,1-2H3. The first kappa shape index (κ1) is 13.9. The molecule has 0 aromatic rings. The Morgan fingerprint density at radius 2 is 1.81 bits per heavy atom. The summed E-state index contributed by atoms with van der Waals surface area (Å²) in [4.78, 5) is 0. The quantitative estimate of drug-likeness (QED) is 0.740. The van der Waals surface area contributed by atoms with Gasteiger partial charge in [0.05, 0.1) is 5.75 Å². The van der Waals surface area contributed by atoms with E-state index in [1.54, 1.807) is 6.92 Å². The molecule has 4 nitrogen and oxygen atoms in total. The van der Waals surface area contributed by atoms with Crippen LogP contribution in [0.2, 0.25) is 0 Å². The maximum Gasteiger partial charge on any atom is 0.212 e. The Morgan fingerprint density at radius 1 is 1.19 bits per heavy atom. The SMILES string of the molecule is CCNS(=O)(=O)CCNC1CCC(C)CC1. The molecular weight excluding hydrogens is 224 g/mol. The van der Waals surface area contributed by atoms with Crippen molar-refractivity contribution in [3.05, 3.63) is 0 Å². The van der Waals surface area contributed by atoms with Gasteiger partial charge in [-0.2, -0.15) is 0 Å². The Balaban J connectivity index is 2.16. The topological polar surface area (TPSA) is 58.2 Å². The summed E-state index contributed by atoms with van der Waals surface area (Å²) in [5.74, 6) is 1.02. The van der Waals surface area contributed by atoms with Crippen LogP contribution in [0.5, 0.6) is 0 Å². The van der Waals surface area contributed by atoms with Gasteiger partial charge in [0, 0.05) is 19.1 Å². The molecule has 16 heavy (non-hydrogen) atoms. The van der Waals surface area contributed by atoms with Crippen molar-refractivity contribution in [1.29, 1.82) is 0 Å². The number of hydrogen-bond acceptors (Lipinski definition) is 3. The van der Waals surface area contributed by atoms with Crippen LogP contribution in [0.4, 0.5) is 0 Å². The molecule has 0 amide bonds. The van der Waals surface area contributed by atoms with Gasteiger partial charge in [-0.1, -0.05) is 13.8 Å². The predicted octanol–water partition coefficient (Wildman–Crippen LogP) is 1.09. The van der Waals surface area contributed by atoms with Crippen molar-refractivity contribution in [3.63, 3.8) is 0 Å². The second kappa shape index (κ2) is 6.57. The Labute approximate surface area is 99.2 Å². The molecule has 0 bridgehead atoms. The lowest BCUT2D eigenvalue weighted by molar-refractivity contribution is 0.311. The van der Waals surface area contributed by atoms with E-state index in [0.717, 1.165) is 5.92 Å². The van der Waals surface area contributed by atoms with E-state index in [4.69, 9.17) is 0 Å². The summed E-state index contributed by atoms with van der Waals surface area (Å²) >= 11 is 0. The third-order valence-electron chi connectivity index (χ3n) is 3.18. The molecule has 1 aliphatic carbocycles. The van der Waals surface area contributed by atoms with E-state index in [-0.39, 0.29) is 5.75 Å². The van der Waals surface area contributed by atoms with Gasteiger partial charge in [-0.05, 0) is 31.6 Å². The molecule has 1 aliphatic rings. The summed E-state index contributed by atoms with van der Waals surface area (Å²) in [5, 5.41) is 3.34. The maximum absolute atomic E-state index is 11.4. The second-order valence-corrected chi connectivity index (χ2v) is 6.65. The van der Waals surface area contributed by atoms with Gasteiger partial charge in [0.1, 0.15) is 0 Å². The predicted molar refractivity (Wildman–Crippen MR) is 66.9 cm³/mol. The fourth-order valence-corrected chi connectivity index (χ4v) is 3.12. The summed E-state index contributed by atoms with van der Waals surface area (Å²) < 4.78 is 25.2. The molecule has 0 atom stereocenters. The van der Waals surface area contributed by atoms with Crippen LogP contribution in [0.1, 0.15) is 39.5 Å². The van der Waals surface area contributed by atoms with E-state index >= 15 is 0 Å². The first-order valence-electron chi connectivity index (χ1n) is 6.24.